The van der Waals surface area contributed by atoms with E-state index >= 15 is 0 Å². The number of sulfonamides is 1. The maximum absolute atomic E-state index is 13.8. The van der Waals surface area contributed by atoms with E-state index in [9.17, 15) is 18.0 Å². The lowest BCUT2D eigenvalue weighted by Crippen LogP contribution is -2.41. The Morgan fingerprint density at radius 2 is 1.74 bits per heavy atom. The number of ether oxygens (including phenoxy) is 2. The Morgan fingerprint density at radius 3 is 2.41 bits per heavy atom. The Bertz CT molecular complexity index is 1100. The maximum atomic E-state index is 13.8. The van der Waals surface area contributed by atoms with Crippen molar-refractivity contribution >= 4 is 27.6 Å². The van der Waals surface area contributed by atoms with Gasteiger partial charge in [-0.15, -0.1) is 0 Å². The normalized spacial score (nSPS) is 18.0. The summed E-state index contributed by atoms with van der Waals surface area (Å²) < 4.78 is 39.4. The lowest BCUT2D eigenvalue weighted by atomic mass is 9.94. The van der Waals surface area contributed by atoms with Crippen molar-refractivity contribution < 1.29 is 27.5 Å². The van der Waals surface area contributed by atoms with Crippen molar-refractivity contribution in [2.45, 2.75) is 63.8 Å². The first-order valence-electron chi connectivity index (χ1n) is 11.8. The van der Waals surface area contributed by atoms with Gasteiger partial charge in [-0.05, 0) is 63.3 Å². The first kappa shape index (κ1) is 25.7. The number of aryl methyl sites for hydroxylation is 1. The van der Waals surface area contributed by atoms with Crippen LogP contribution in [-0.2, 0) is 35.5 Å². The van der Waals surface area contributed by atoms with Crippen molar-refractivity contribution in [2.24, 2.45) is 5.92 Å². The summed E-state index contributed by atoms with van der Waals surface area (Å²) in [5.41, 5.74) is 2.38. The average molecular weight is 488 g/mol. The van der Waals surface area contributed by atoms with E-state index in [-0.39, 0.29) is 29.9 Å². The number of nitrogens with zero attached hydrogens (tertiary/aromatic N) is 1. The van der Waals surface area contributed by atoms with Gasteiger partial charge < -0.3 is 9.47 Å². The third kappa shape index (κ3) is 5.97. The second-order valence-corrected chi connectivity index (χ2v) is 10.3. The van der Waals surface area contributed by atoms with Gasteiger partial charge in [0.2, 0.25) is 0 Å². The van der Waals surface area contributed by atoms with Gasteiger partial charge in [-0.1, -0.05) is 42.8 Å². The molecular formula is C26H33NO6S. The first-order chi connectivity index (χ1) is 16.3. The molecule has 2 atom stereocenters. The van der Waals surface area contributed by atoms with Crippen LogP contribution in [0.5, 0.6) is 0 Å². The number of para-hydroxylation sites is 1. The molecule has 8 heteroatoms. The number of benzene rings is 2. The molecule has 0 aromatic heterocycles. The summed E-state index contributed by atoms with van der Waals surface area (Å²) in [5, 5.41) is 0. The summed E-state index contributed by atoms with van der Waals surface area (Å²) >= 11 is 0. The van der Waals surface area contributed by atoms with Crippen LogP contribution in [0.4, 0.5) is 5.69 Å². The number of esters is 2. The fourth-order valence-electron chi connectivity index (χ4n) is 4.27. The largest absolute Gasteiger partial charge is 0.466 e. The minimum Gasteiger partial charge on any atom is -0.466 e. The van der Waals surface area contributed by atoms with Gasteiger partial charge >= 0.3 is 11.9 Å². The van der Waals surface area contributed by atoms with Gasteiger partial charge in [-0.2, -0.15) is 0 Å². The molecule has 0 radical (unpaired) electrons. The van der Waals surface area contributed by atoms with Crippen molar-refractivity contribution in [3.63, 3.8) is 0 Å². The number of hydrogen-bond donors (Lipinski definition) is 0. The minimum atomic E-state index is -3.83. The van der Waals surface area contributed by atoms with Crippen LogP contribution in [0.2, 0.25) is 0 Å². The molecule has 34 heavy (non-hydrogen) atoms. The van der Waals surface area contributed by atoms with Gasteiger partial charge in [0, 0.05) is 12.5 Å². The van der Waals surface area contributed by atoms with Crippen molar-refractivity contribution in [3.8, 4) is 0 Å². The monoisotopic (exact) mass is 487 g/mol. The Labute approximate surface area is 202 Å². The molecule has 3 rings (SSSR count). The minimum absolute atomic E-state index is 0.123. The molecule has 184 valence electrons. The zero-order chi connectivity index (χ0) is 24.7. The molecule has 1 aliphatic rings. The summed E-state index contributed by atoms with van der Waals surface area (Å²) in [6.07, 6.45) is 1.87. The predicted octanol–water partition coefficient (Wildman–Crippen LogP) is 4.42. The molecular weight excluding hydrogens is 454 g/mol. The molecule has 2 unspecified atom stereocenters. The van der Waals surface area contributed by atoms with Crippen molar-refractivity contribution in [2.75, 3.05) is 17.5 Å². The second-order valence-electron chi connectivity index (χ2n) is 8.52. The third-order valence-corrected chi connectivity index (χ3v) is 7.92. The van der Waals surface area contributed by atoms with Gasteiger partial charge in [-0.3, -0.25) is 13.9 Å². The number of rotatable bonds is 9. The SMILES string of the molecule is CCOC(=O)CCCOC(=O)C1Cc2ccccc2N(S(=O)(=O)c2ccc(C)cc2)C(CC)C1. The van der Waals surface area contributed by atoms with Crippen LogP contribution in [0.1, 0.15) is 50.7 Å². The van der Waals surface area contributed by atoms with E-state index in [1.165, 1.54) is 4.31 Å². The van der Waals surface area contributed by atoms with Crippen LogP contribution in [0.3, 0.4) is 0 Å². The maximum Gasteiger partial charge on any atom is 0.309 e. The molecule has 7 nitrogen and oxygen atoms in total. The number of carbonyl (C=O) groups excluding carboxylic acids is 2. The van der Waals surface area contributed by atoms with Crippen LogP contribution in [0.15, 0.2) is 53.4 Å². The quantitative estimate of drug-likeness (QED) is 0.384. The van der Waals surface area contributed by atoms with Gasteiger partial charge in [0.25, 0.3) is 10.0 Å². The summed E-state index contributed by atoms with van der Waals surface area (Å²) in [6.45, 7) is 6.03. The van der Waals surface area contributed by atoms with Crippen LogP contribution in [-0.4, -0.2) is 39.6 Å². The highest BCUT2D eigenvalue weighted by molar-refractivity contribution is 7.92. The molecule has 0 spiro atoms. The Morgan fingerprint density at radius 1 is 1.03 bits per heavy atom. The summed E-state index contributed by atoms with van der Waals surface area (Å²) in [5.74, 6) is -1.16. The molecule has 0 aliphatic carbocycles. The molecule has 2 aromatic rings. The Kier molecular flexibility index (Phi) is 8.72. The van der Waals surface area contributed by atoms with E-state index in [0.717, 1.165) is 11.1 Å². The first-order valence-corrected chi connectivity index (χ1v) is 13.2. The smallest absolute Gasteiger partial charge is 0.309 e. The summed E-state index contributed by atoms with van der Waals surface area (Å²) in [7, 11) is -3.83. The van der Waals surface area contributed by atoms with E-state index in [1.807, 2.05) is 32.0 Å². The second kappa shape index (κ2) is 11.5. The number of fused-ring (bicyclic) bond motifs is 1. The van der Waals surface area contributed by atoms with Crippen molar-refractivity contribution in [3.05, 3.63) is 59.7 Å². The van der Waals surface area contributed by atoms with Gasteiger partial charge in [0.05, 0.1) is 29.7 Å². The topological polar surface area (TPSA) is 90.0 Å². The highest BCUT2D eigenvalue weighted by Gasteiger charge is 2.38. The van der Waals surface area contributed by atoms with Crippen LogP contribution in [0.25, 0.3) is 0 Å². The predicted molar refractivity (Wildman–Crippen MR) is 130 cm³/mol. The number of hydrogen-bond acceptors (Lipinski definition) is 6. The molecule has 0 bridgehead atoms. The molecule has 0 amide bonds. The number of anilines is 1. The zero-order valence-electron chi connectivity index (χ0n) is 20.0. The van der Waals surface area contributed by atoms with Crippen LogP contribution < -0.4 is 4.31 Å². The summed E-state index contributed by atoms with van der Waals surface area (Å²) in [6, 6.07) is 13.8. The average Bonchev–Trinajstić information content (AvgIpc) is 2.99. The third-order valence-electron chi connectivity index (χ3n) is 6.04. The summed E-state index contributed by atoms with van der Waals surface area (Å²) in [4.78, 5) is 24.7. The van der Waals surface area contributed by atoms with Crippen LogP contribution in [0, 0.1) is 12.8 Å². The van der Waals surface area contributed by atoms with Gasteiger partial charge in [0.15, 0.2) is 0 Å². The Hall–Kier alpha value is -2.87. The standard InChI is InChI=1S/C26H33NO6S/c1-4-22-18-21(26(29)33-16-8-11-25(28)32-5-2)17-20-9-6-7-10-24(20)27(22)34(30,31)23-14-12-19(3)13-15-23/h6-7,9-10,12-15,21-22H,4-5,8,11,16-18H2,1-3H3. The zero-order valence-corrected chi connectivity index (χ0v) is 20.8. The van der Waals surface area contributed by atoms with E-state index in [1.54, 1.807) is 37.3 Å². The van der Waals surface area contributed by atoms with Gasteiger partial charge in [-0.25, -0.2) is 8.42 Å². The van der Waals surface area contributed by atoms with E-state index in [4.69, 9.17) is 9.47 Å². The van der Waals surface area contributed by atoms with Crippen molar-refractivity contribution in [1.82, 2.24) is 0 Å². The molecule has 1 aliphatic heterocycles. The molecule has 0 N–H and O–H groups in total. The van der Waals surface area contributed by atoms with Gasteiger partial charge in [0.1, 0.15) is 0 Å². The fourth-order valence-corrected chi connectivity index (χ4v) is 6.04. The molecule has 1 heterocycles. The van der Waals surface area contributed by atoms with E-state index < -0.39 is 22.0 Å². The van der Waals surface area contributed by atoms with Crippen LogP contribution >= 0.6 is 0 Å². The number of carbonyl (C=O) groups is 2. The van der Waals surface area contributed by atoms with E-state index in [2.05, 4.69) is 0 Å². The molecule has 0 saturated heterocycles. The van der Waals surface area contributed by atoms with Crippen molar-refractivity contribution in [1.29, 1.82) is 0 Å². The molecule has 0 saturated carbocycles. The lowest BCUT2D eigenvalue weighted by molar-refractivity contribution is -0.151. The Balaban J connectivity index is 1.84. The molecule has 2 aromatic carbocycles. The lowest BCUT2D eigenvalue weighted by Gasteiger charge is -2.32. The highest BCUT2D eigenvalue weighted by atomic mass is 32.2. The molecule has 0 fully saturated rings. The fraction of sp³-hybridized carbons (Fsp3) is 0.462. The highest BCUT2D eigenvalue weighted by Crippen LogP contribution is 2.37. The van der Waals surface area contributed by atoms with E-state index in [0.29, 0.717) is 38.0 Å².